The summed E-state index contributed by atoms with van der Waals surface area (Å²) in [4.78, 5) is 15.9. The van der Waals surface area contributed by atoms with Gasteiger partial charge in [-0.05, 0) is 34.1 Å². The van der Waals surface area contributed by atoms with Gasteiger partial charge in [-0.15, -0.1) is 0 Å². The van der Waals surface area contributed by atoms with E-state index in [9.17, 15) is 0 Å². The van der Waals surface area contributed by atoms with Gasteiger partial charge in [0.25, 0.3) is 0 Å². The second kappa shape index (κ2) is 8.70. The van der Waals surface area contributed by atoms with E-state index in [1.165, 1.54) is 11.1 Å². The van der Waals surface area contributed by atoms with E-state index in [2.05, 4.69) is 96.2 Å². The van der Waals surface area contributed by atoms with Gasteiger partial charge in [0.05, 0.1) is 23.8 Å². The first-order valence-electron chi connectivity index (χ1n) is 10.8. The van der Waals surface area contributed by atoms with Crippen molar-refractivity contribution in [1.82, 2.24) is 19.9 Å². The fourth-order valence-electron chi connectivity index (χ4n) is 3.68. The number of nitrogens with zero attached hydrogens (tertiary/aromatic N) is 2. The molecule has 0 aliphatic heterocycles. The zero-order valence-electron chi connectivity index (χ0n) is 18.2. The maximum Gasteiger partial charge on any atom is 0.106 e. The molecule has 4 rings (SSSR count). The van der Waals surface area contributed by atoms with Crippen LogP contribution in [-0.4, -0.2) is 19.9 Å². The molecule has 0 atom stereocenters. The Balaban J connectivity index is 1.48. The van der Waals surface area contributed by atoms with E-state index in [0.29, 0.717) is 11.8 Å². The minimum Gasteiger partial charge on any atom is -0.342 e. The van der Waals surface area contributed by atoms with Crippen LogP contribution >= 0.6 is 0 Å². The molecular formula is C26H30N4. The predicted molar refractivity (Wildman–Crippen MR) is 124 cm³/mol. The smallest absolute Gasteiger partial charge is 0.106 e. The zero-order valence-corrected chi connectivity index (χ0v) is 18.2. The van der Waals surface area contributed by atoms with Crippen molar-refractivity contribution < 1.29 is 0 Å². The summed E-state index contributed by atoms with van der Waals surface area (Å²) in [7, 11) is 0. The van der Waals surface area contributed by atoms with E-state index in [-0.39, 0.29) is 0 Å². The molecule has 154 valence electrons. The van der Waals surface area contributed by atoms with Crippen LogP contribution in [0.25, 0.3) is 33.6 Å². The third-order valence-electron chi connectivity index (χ3n) is 5.19. The molecule has 2 aromatic carbocycles. The molecule has 0 bridgehead atoms. The molecule has 30 heavy (non-hydrogen) atoms. The first kappa shape index (κ1) is 20.1. The van der Waals surface area contributed by atoms with Crippen LogP contribution in [0.5, 0.6) is 0 Å². The van der Waals surface area contributed by atoms with Gasteiger partial charge in [0.1, 0.15) is 11.6 Å². The van der Waals surface area contributed by atoms with Gasteiger partial charge in [-0.1, -0.05) is 76.2 Å². The molecule has 2 heterocycles. The lowest BCUT2D eigenvalue weighted by molar-refractivity contribution is 0.626. The van der Waals surface area contributed by atoms with Gasteiger partial charge < -0.3 is 9.97 Å². The second-order valence-electron chi connectivity index (χ2n) is 8.84. The predicted octanol–water partition coefficient (Wildman–Crippen LogP) is 6.53. The summed E-state index contributed by atoms with van der Waals surface area (Å²) in [5, 5.41) is 0. The van der Waals surface area contributed by atoms with Gasteiger partial charge in [0.2, 0.25) is 0 Å². The SMILES string of the molecule is CC(C)Cc1ncc(-c2ccc(-c3ccc(-c4cnc(CC(C)C)[nH]4)cc3)cc2)[nH]1. The Bertz CT molecular complexity index is 993. The van der Waals surface area contributed by atoms with Gasteiger partial charge in [-0.2, -0.15) is 0 Å². The average Bonchev–Trinajstić information content (AvgIpc) is 3.37. The molecule has 0 aliphatic rings. The summed E-state index contributed by atoms with van der Waals surface area (Å²) in [6, 6.07) is 17.3. The van der Waals surface area contributed by atoms with E-state index in [1.807, 2.05) is 12.4 Å². The lowest BCUT2D eigenvalue weighted by atomic mass is 10.0. The normalized spacial score (nSPS) is 11.5. The Morgan fingerprint density at radius 3 is 1.23 bits per heavy atom. The molecule has 0 fully saturated rings. The first-order valence-corrected chi connectivity index (χ1v) is 10.8. The Hall–Kier alpha value is -3.14. The molecule has 4 nitrogen and oxygen atoms in total. The number of aromatic amines is 2. The highest BCUT2D eigenvalue weighted by atomic mass is 14.9. The molecular weight excluding hydrogens is 368 g/mol. The van der Waals surface area contributed by atoms with Crippen LogP contribution in [0, 0.1) is 11.8 Å². The maximum atomic E-state index is 4.51. The van der Waals surface area contributed by atoms with E-state index < -0.39 is 0 Å². The molecule has 0 amide bonds. The van der Waals surface area contributed by atoms with Gasteiger partial charge in [-0.25, -0.2) is 9.97 Å². The Morgan fingerprint density at radius 1 is 0.567 bits per heavy atom. The van der Waals surface area contributed by atoms with Crippen LogP contribution in [0.1, 0.15) is 39.3 Å². The Labute approximate surface area is 178 Å². The fourth-order valence-corrected chi connectivity index (χ4v) is 3.68. The zero-order chi connectivity index (χ0) is 21.1. The largest absolute Gasteiger partial charge is 0.342 e. The monoisotopic (exact) mass is 398 g/mol. The summed E-state index contributed by atoms with van der Waals surface area (Å²) in [6.45, 7) is 8.83. The topological polar surface area (TPSA) is 57.4 Å². The van der Waals surface area contributed by atoms with Crippen LogP contribution in [-0.2, 0) is 12.8 Å². The number of hydrogen-bond donors (Lipinski definition) is 2. The molecule has 2 aromatic heterocycles. The molecule has 0 spiro atoms. The minimum atomic E-state index is 0.595. The first-order chi connectivity index (χ1) is 14.5. The number of rotatable bonds is 7. The van der Waals surface area contributed by atoms with Crippen molar-refractivity contribution in [3.05, 3.63) is 72.6 Å². The summed E-state index contributed by atoms with van der Waals surface area (Å²) < 4.78 is 0. The van der Waals surface area contributed by atoms with Crippen LogP contribution in [0.4, 0.5) is 0 Å². The van der Waals surface area contributed by atoms with Crippen molar-refractivity contribution in [3.8, 4) is 33.6 Å². The van der Waals surface area contributed by atoms with Crippen molar-refractivity contribution in [2.45, 2.75) is 40.5 Å². The molecule has 0 unspecified atom stereocenters. The minimum absolute atomic E-state index is 0.595. The van der Waals surface area contributed by atoms with Crippen molar-refractivity contribution >= 4 is 0 Å². The molecule has 2 N–H and O–H groups in total. The number of benzene rings is 2. The second-order valence-corrected chi connectivity index (χ2v) is 8.84. The molecule has 0 aliphatic carbocycles. The van der Waals surface area contributed by atoms with Gasteiger partial charge in [0, 0.05) is 12.8 Å². The third kappa shape index (κ3) is 4.70. The van der Waals surface area contributed by atoms with Gasteiger partial charge in [-0.3, -0.25) is 0 Å². The standard InChI is InChI=1S/C26H30N4/c1-17(2)13-25-27-15-23(29-25)21-9-5-19(6-10-21)20-7-11-22(12-8-20)24-16-28-26(30-24)14-18(3)4/h5-12,15-18H,13-14H2,1-4H3,(H,27,29)(H,28,30). The quantitative estimate of drug-likeness (QED) is 0.372. The fraction of sp³-hybridized carbons (Fsp3) is 0.308. The van der Waals surface area contributed by atoms with Crippen LogP contribution in [0.15, 0.2) is 60.9 Å². The van der Waals surface area contributed by atoms with E-state index >= 15 is 0 Å². The third-order valence-corrected chi connectivity index (χ3v) is 5.19. The van der Waals surface area contributed by atoms with Crippen LogP contribution in [0.3, 0.4) is 0 Å². The Morgan fingerprint density at radius 2 is 0.900 bits per heavy atom. The summed E-state index contributed by atoms with van der Waals surface area (Å²) in [5.74, 6) is 3.29. The number of aromatic nitrogens is 4. The number of nitrogens with one attached hydrogen (secondary N) is 2. The number of H-pyrrole nitrogens is 2. The van der Waals surface area contributed by atoms with Crippen molar-refractivity contribution in [2.75, 3.05) is 0 Å². The summed E-state index contributed by atoms with van der Waals surface area (Å²) in [6.07, 6.45) is 5.80. The highest BCUT2D eigenvalue weighted by Gasteiger charge is 2.08. The number of imidazole rings is 2. The van der Waals surface area contributed by atoms with Crippen molar-refractivity contribution in [1.29, 1.82) is 0 Å². The molecule has 0 saturated heterocycles. The van der Waals surface area contributed by atoms with E-state index in [1.54, 1.807) is 0 Å². The molecule has 0 saturated carbocycles. The van der Waals surface area contributed by atoms with E-state index in [4.69, 9.17) is 0 Å². The maximum absolute atomic E-state index is 4.51. The van der Waals surface area contributed by atoms with Crippen LogP contribution < -0.4 is 0 Å². The summed E-state index contributed by atoms with van der Waals surface area (Å²) >= 11 is 0. The lowest BCUT2D eigenvalue weighted by Gasteiger charge is -2.05. The highest BCUT2D eigenvalue weighted by Crippen LogP contribution is 2.27. The average molecular weight is 399 g/mol. The summed E-state index contributed by atoms with van der Waals surface area (Å²) in [5.41, 5.74) is 6.88. The molecule has 4 aromatic rings. The lowest BCUT2D eigenvalue weighted by Crippen LogP contribution is -1.95. The van der Waals surface area contributed by atoms with Gasteiger partial charge in [0.15, 0.2) is 0 Å². The number of hydrogen-bond acceptors (Lipinski definition) is 2. The van der Waals surface area contributed by atoms with Gasteiger partial charge >= 0.3 is 0 Å². The Kier molecular flexibility index (Phi) is 5.84. The van der Waals surface area contributed by atoms with E-state index in [0.717, 1.165) is 47.0 Å². The van der Waals surface area contributed by atoms with Crippen molar-refractivity contribution in [2.24, 2.45) is 11.8 Å². The van der Waals surface area contributed by atoms with Crippen LogP contribution in [0.2, 0.25) is 0 Å². The molecule has 0 radical (unpaired) electrons. The molecule has 4 heteroatoms. The van der Waals surface area contributed by atoms with Crippen molar-refractivity contribution in [3.63, 3.8) is 0 Å². The highest BCUT2D eigenvalue weighted by molar-refractivity contribution is 5.71.